The van der Waals surface area contributed by atoms with E-state index in [0.29, 0.717) is 6.61 Å². The van der Waals surface area contributed by atoms with Gasteiger partial charge >= 0.3 is 0 Å². The Morgan fingerprint density at radius 2 is 0.667 bits per heavy atom. The topological polar surface area (TPSA) is 27.7 Å². The van der Waals surface area contributed by atoms with Gasteiger partial charge in [0.1, 0.15) is 0 Å². The van der Waals surface area contributed by atoms with Gasteiger partial charge in [0.25, 0.3) is 33.3 Å². The predicted octanol–water partition coefficient (Wildman–Crippen LogP) is 9.49. The second-order valence-electron chi connectivity index (χ2n) is 8.04. The van der Waals surface area contributed by atoms with Crippen LogP contribution in [-0.4, -0.2) is 54.4 Å². The van der Waals surface area contributed by atoms with E-state index in [0.717, 1.165) is 0 Å². The summed E-state index contributed by atoms with van der Waals surface area (Å²) in [5.41, 5.74) is 26.7. The standard InChI is InChI=1S/C12H18OSi2.C8H14OSi.C7H12OSi.C6H9ClSi/c1-7-14(8-2,9-3)13-15(10-4,11-5)12-6;1-5-9-10(6-2,7-3)8-4;1-5-9(6-2,7-3)8-4;1-4-8(7,5-2)6-3/h7-12H,1-6H2;6-8H,2-5H2,1H3;5-7H,1-3H2,4H3;4-6H,1-3H2. The largest absolute Gasteiger partial charge is 0.437 e. The first-order valence-electron chi connectivity index (χ1n) is 12.9. The van der Waals surface area contributed by atoms with Gasteiger partial charge in [0.2, 0.25) is 7.38 Å². The second-order valence-corrected chi connectivity index (χ2v) is 26.1. The molecule has 0 saturated heterocycles. The Morgan fingerprint density at radius 3 is 0.738 bits per heavy atom. The van der Waals surface area contributed by atoms with E-state index in [9.17, 15) is 0 Å². The molecule has 0 atom stereocenters. The Balaban J connectivity index is -0.000000237. The highest BCUT2D eigenvalue weighted by Crippen LogP contribution is 2.20. The minimum atomic E-state index is -2.28. The zero-order valence-electron chi connectivity index (χ0n) is 26.1. The number of hydrogen-bond donors (Lipinski definition) is 0. The van der Waals surface area contributed by atoms with Crippen LogP contribution in [0.1, 0.15) is 6.92 Å². The van der Waals surface area contributed by atoms with Crippen molar-refractivity contribution in [1.82, 2.24) is 0 Å². The fourth-order valence-electron chi connectivity index (χ4n) is 2.48. The molecule has 0 aliphatic carbocycles. The first-order chi connectivity index (χ1) is 19.7. The minimum Gasteiger partial charge on any atom is -0.437 e. The van der Waals surface area contributed by atoms with E-state index in [4.69, 9.17) is 24.0 Å². The third-order valence-electron chi connectivity index (χ3n) is 5.87. The van der Waals surface area contributed by atoms with Crippen molar-refractivity contribution >= 4 is 51.7 Å². The summed E-state index contributed by atoms with van der Waals surface area (Å²) < 4.78 is 16.7. The predicted molar refractivity (Wildman–Crippen MR) is 207 cm³/mol. The molecule has 230 valence electrons. The maximum absolute atomic E-state index is 6.09. The second kappa shape index (κ2) is 24.9. The molecule has 0 bridgehead atoms. The molecular formula is C33H53ClO3Si5. The summed E-state index contributed by atoms with van der Waals surface area (Å²) in [5.74, 6) is 0. The van der Waals surface area contributed by atoms with Gasteiger partial charge in [-0.05, 0) is 6.92 Å². The van der Waals surface area contributed by atoms with E-state index in [-0.39, 0.29) is 0 Å². The molecule has 42 heavy (non-hydrogen) atoms. The van der Waals surface area contributed by atoms with Crippen molar-refractivity contribution in [3.05, 3.63) is 184 Å². The van der Waals surface area contributed by atoms with Gasteiger partial charge in [0.15, 0.2) is 0 Å². The van der Waals surface area contributed by atoms with Crippen LogP contribution in [0.25, 0.3) is 0 Å². The quantitative estimate of drug-likeness (QED) is 0.0952. The minimum absolute atomic E-state index is 0.691. The van der Waals surface area contributed by atoms with Gasteiger partial charge in [0, 0.05) is 13.7 Å². The molecule has 0 spiro atoms. The van der Waals surface area contributed by atoms with Gasteiger partial charge in [-0.1, -0.05) is 85.5 Å². The number of rotatable bonds is 20. The molecule has 0 amide bonds. The molecule has 0 radical (unpaired) electrons. The van der Waals surface area contributed by atoms with Crippen LogP contribution >= 0.6 is 11.1 Å². The Kier molecular flexibility index (Phi) is 27.5. The highest BCUT2D eigenvalue weighted by Gasteiger charge is 2.35. The van der Waals surface area contributed by atoms with Crippen molar-refractivity contribution in [1.29, 1.82) is 0 Å². The van der Waals surface area contributed by atoms with Gasteiger partial charge in [-0.3, -0.25) is 0 Å². The molecule has 0 unspecified atom stereocenters. The first kappa shape index (κ1) is 46.3. The van der Waals surface area contributed by atoms with Crippen molar-refractivity contribution in [2.75, 3.05) is 13.7 Å². The van der Waals surface area contributed by atoms with Crippen LogP contribution in [0.3, 0.4) is 0 Å². The summed E-state index contributed by atoms with van der Waals surface area (Å²) in [6.45, 7) is 58.0. The van der Waals surface area contributed by atoms with Gasteiger partial charge in [0.05, 0.1) is 0 Å². The van der Waals surface area contributed by atoms with Crippen molar-refractivity contribution < 1.29 is 13.0 Å². The lowest BCUT2D eigenvalue weighted by Crippen LogP contribution is -2.46. The van der Waals surface area contributed by atoms with Crippen LogP contribution in [0, 0.1) is 0 Å². The Hall–Kier alpha value is -2.65. The van der Waals surface area contributed by atoms with Crippen molar-refractivity contribution in [3.8, 4) is 0 Å². The monoisotopic (exact) mass is 672 g/mol. The van der Waals surface area contributed by atoms with Crippen LogP contribution in [0.4, 0.5) is 0 Å². The van der Waals surface area contributed by atoms with Gasteiger partial charge in [-0.25, -0.2) is 0 Å². The summed E-state index contributed by atoms with van der Waals surface area (Å²) >= 11 is 5.88. The molecule has 0 heterocycles. The van der Waals surface area contributed by atoms with Crippen molar-refractivity contribution in [3.63, 3.8) is 0 Å². The fraction of sp³-hybridized carbons (Fsp3) is 0.0909. The van der Waals surface area contributed by atoms with Crippen LogP contribution in [0.15, 0.2) is 184 Å². The Labute approximate surface area is 268 Å². The van der Waals surface area contributed by atoms with Crippen molar-refractivity contribution in [2.24, 2.45) is 0 Å². The van der Waals surface area contributed by atoms with E-state index in [1.165, 1.54) is 0 Å². The van der Waals surface area contributed by atoms with Gasteiger partial charge < -0.3 is 13.0 Å². The van der Waals surface area contributed by atoms with Gasteiger partial charge in [-0.2, -0.15) is 11.1 Å². The van der Waals surface area contributed by atoms with Crippen LogP contribution < -0.4 is 0 Å². The summed E-state index contributed by atoms with van der Waals surface area (Å²) in [7, 11) is -8.63. The lowest BCUT2D eigenvalue weighted by atomic mass is 10.9. The molecule has 0 aliphatic rings. The van der Waals surface area contributed by atoms with E-state index >= 15 is 0 Å². The summed E-state index contributed by atoms with van der Waals surface area (Å²) in [4.78, 5) is 0. The summed E-state index contributed by atoms with van der Waals surface area (Å²) in [6, 6.07) is 0. The average Bonchev–Trinajstić information content (AvgIpc) is 3.07. The Morgan fingerprint density at radius 1 is 0.429 bits per heavy atom. The lowest BCUT2D eigenvalue weighted by Gasteiger charge is -2.31. The molecule has 3 nitrogen and oxygen atoms in total. The molecule has 9 heteroatoms. The van der Waals surface area contributed by atoms with Crippen LogP contribution in [0.2, 0.25) is 0 Å². The molecular weight excluding hydrogens is 620 g/mol. The molecule has 0 N–H and O–H groups in total. The molecule has 0 aliphatic heterocycles. The third kappa shape index (κ3) is 16.1. The smallest absolute Gasteiger partial charge is 0.264 e. The van der Waals surface area contributed by atoms with Crippen LogP contribution in [-0.2, 0) is 13.0 Å². The summed E-state index contributed by atoms with van der Waals surface area (Å²) in [5, 5.41) is 0. The molecule has 0 aromatic rings. The lowest BCUT2D eigenvalue weighted by molar-refractivity contribution is 0.345. The molecule has 0 aromatic carbocycles. The van der Waals surface area contributed by atoms with Gasteiger partial charge in [-0.15, -0.1) is 98.7 Å². The molecule has 0 fully saturated rings. The summed E-state index contributed by atoms with van der Waals surface area (Å²) in [6.07, 6.45) is 0. The SMILES string of the molecule is C=C[Si](C=C)(C=C)OC.C=C[Si](C=C)(C=C)OCC.C=C[Si](C=C)(C=C)O[Si](C=C)(C=C)C=C.C=C[Si](Cl)(C=C)C=C. The zero-order valence-corrected chi connectivity index (χ0v) is 31.8. The highest BCUT2D eigenvalue weighted by molar-refractivity contribution is 7.28. The maximum atomic E-state index is 6.09. The van der Waals surface area contributed by atoms with Crippen molar-refractivity contribution in [2.45, 2.75) is 6.92 Å². The highest BCUT2D eigenvalue weighted by atomic mass is 35.6. The normalized spacial score (nSPS) is 10.6. The number of halogens is 1. The molecule has 0 rings (SSSR count). The zero-order chi connectivity index (χ0) is 33.9. The maximum Gasteiger partial charge on any atom is 0.264 e. The Bertz CT molecular complexity index is 861. The number of hydrogen-bond acceptors (Lipinski definition) is 3. The average molecular weight is 674 g/mol. The fourth-order valence-corrected chi connectivity index (χ4v) is 10.8. The third-order valence-corrected chi connectivity index (χ3v) is 21.1. The first-order valence-corrected chi connectivity index (χ1v) is 24.7. The van der Waals surface area contributed by atoms with E-state index in [2.05, 4.69) is 98.7 Å². The van der Waals surface area contributed by atoms with E-state index in [1.807, 2.05) is 24.0 Å². The molecule has 0 aromatic heterocycles. The molecule has 0 saturated carbocycles. The van der Waals surface area contributed by atoms with E-state index < -0.39 is 40.7 Å². The van der Waals surface area contributed by atoms with E-state index in [1.54, 1.807) is 75.5 Å². The van der Waals surface area contributed by atoms with Crippen LogP contribution in [0.5, 0.6) is 0 Å².